The summed E-state index contributed by atoms with van der Waals surface area (Å²) in [6, 6.07) is 12.9. The molecule has 6 heteroatoms. The Labute approximate surface area is 155 Å². The second-order valence-corrected chi connectivity index (χ2v) is 6.62. The van der Waals surface area contributed by atoms with Crippen molar-refractivity contribution >= 4 is 17.7 Å². The monoisotopic (exact) mass is 377 g/mol. The van der Waals surface area contributed by atoms with Gasteiger partial charge in [-0.15, -0.1) is 11.8 Å². The lowest BCUT2D eigenvalue weighted by atomic mass is 10.1. The summed E-state index contributed by atoms with van der Waals surface area (Å²) in [5.41, 5.74) is 1.87. The van der Waals surface area contributed by atoms with Gasteiger partial charge in [0, 0.05) is 11.3 Å². The Morgan fingerprint density at radius 2 is 1.88 bits per heavy atom. The lowest BCUT2D eigenvalue weighted by Crippen LogP contribution is -2.25. The summed E-state index contributed by atoms with van der Waals surface area (Å²) >= 11 is 1.49. The van der Waals surface area contributed by atoms with E-state index in [2.05, 4.69) is 17.2 Å². The first-order valence-corrected chi connectivity index (χ1v) is 9.06. The van der Waals surface area contributed by atoms with Gasteiger partial charge in [0.1, 0.15) is 0 Å². The second-order valence-electron chi connectivity index (χ2n) is 5.64. The molecule has 2 aromatic rings. The van der Waals surface area contributed by atoms with E-state index < -0.39 is 11.7 Å². The van der Waals surface area contributed by atoms with Crippen molar-refractivity contribution in [2.75, 3.05) is 12.3 Å². The molecule has 2 nitrogen and oxygen atoms in total. The average Bonchev–Trinajstić information content (AvgIpc) is 2.60. The van der Waals surface area contributed by atoms with Crippen molar-refractivity contribution in [2.24, 2.45) is 0 Å². The Morgan fingerprint density at radius 1 is 1.15 bits per heavy atom. The van der Waals surface area contributed by atoms with Crippen LogP contribution in [0.3, 0.4) is 0 Å². The van der Waals surface area contributed by atoms with Gasteiger partial charge in [-0.25, -0.2) is 0 Å². The Kier molecular flexibility index (Phi) is 7.16. The molecule has 0 fully saturated rings. The number of nitrogens with one attached hydrogen (secondary N) is 1. The van der Waals surface area contributed by atoms with Gasteiger partial charge in [-0.1, -0.05) is 47.7 Å². The van der Waals surface area contributed by atoms with E-state index in [1.165, 1.54) is 29.5 Å². The molecule has 136 valence electrons. The van der Waals surface area contributed by atoms with Crippen LogP contribution in [0.2, 0.25) is 0 Å². The van der Waals surface area contributed by atoms with E-state index in [-0.39, 0.29) is 18.0 Å². The zero-order valence-electron chi connectivity index (χ0n) is 14.2. The summed E-state index contributed by atoms with van der Waals surface area (Å²) in [5.74, 6) is 6.19. The predicted molar refractivity (Wildman–Crippen MR) is 98.7 cm³/mol. The third-order valence-electron chi connectivity index (χ3n) is 3.42. The van der Waals surface area contributed by atoms with Gasteiger partial charge in [0.25, 0.3) is 0 Å². The minimum Gasteiger partial charge on any atom is -0.344 e. The Morgan fingerprint density at radius 3 is 2.58 bits per heavy atom. The molecule has 0 aliphatic carbocycles. The molecule has 0 radical (unpaired) electrons. The van der Waals surface area contributed by atoms with Crippen molar-refractivity contribution in [1.82, 2.24) is 5.32 Å². The number of thioether (sulfide) groups is 1. The largest absolute Gasteiger partial charge is 0.416 e. The van der Waals surface area contributed by atoms with E-state index in [9.17, 15) is 18.0 Å². The molecule has 0 saturated heterocycles. The normalized spacial score (nSPS) is 10.8. The van der Waals surface area contributed by atoms with Gasteiger partial charge in [0.2, 0.25) is 5.91 Å². The van der Waals surface area contributed by atoms with Crippen LogP contribution in [-0.4, -0.2) is 18.2 Å². The van der Waals surface area contributed by atoms with Crippen LogP contribution in [0.4, 0.5) is 13.2 Å². The van der Waals surface area contributed by atoms with Gasteiger partial charge in [-0.2, -0.15) is 13.2 Å². The first-order chi connectivity index (χ1) is 12.3. The number of carbonyl (C=O) groups excluding carboxylic acids is 1. The maximum Gasteiger partial charge on any atom is 0.416 e. The summed E-state index contributed by atoms with van der Waals surface area (Å²) in [6.45, 7) is 2.12. The predicted octanol–water partition coefficient (Wildman–Crippen LogP) is 4.41. The summed E-state index contributed by atoms with van der Waals surface area (Å²) < 4.78 is 37.8. The van der Waals surface area contributed by atoms with Crippen LogP contribution in [0.5, 0.6) is 0 Å². The average molecular weight is 377 g/mol. The number of rotatable bonds is 5. The highest BCUT2D eigenvalue weighted by Crippen LogP contribution is 2.29. The fraction of sp³-hybridized carbons (Fsp3) is 0.250. The highest BCUT2D eigenvalue weighted by molar-refractivity contribution is 7.99. The molecule has 0 spiro atoms. The van der Waals surface area contributed by atoms with Gasteiger partial charge in [-0.05, 0) is 30.7 Å². The quantitative estimate of drug-likeness (QED) is 0.782. The summed E-state index contributed by atoms with van der Waals surface area (Å²) in [6.07, 6.45) is -4.39. The van der Waals surface area contributed by atoms with Crippen LogP contribution in [0, 0.1) is 18.8 Å². The summed E-state index contributed by atoms with van der Waals surface area (Å²) in [7, 11) is 0. The molecule has 1 amide bonds. The maximum atomic E-state index is 12.6. The number of amides is 1. The number of halogens is 3. The molecule has 0 atom stereocenters. The molecular formula is C20H18F3NOS. The molecule has 0 heterocycles. The van der Waals surface area contributed by atoms with Crippen molar-refractivity contribution in [2.45, 2.75) is 18.9 Å². The summed E-state index contributed by atoms with van der Waals surface area (Å²) in [4.78, 5) is 11.7. The number of alkyl halides is 3. The van der Waals surface area contributed by atoms with E-state index in [0.717, 1.165) is 23.4 Å². The topological polar surface area (TPSA) is 29.1 Å². The highest BCUT2D eigenvalue weighted by atomic mass is 32.2. The van der Waals surface area contributed by atoms with Crippen molar-refractivity contribution in [3.05, 3.63) is 70.8 Å². The van der Waals surface area contributed by atoms with Crippen LogP contribution in [-0.2, 0) is 16.7 Å². The first kappa shape index (κ1) is 19.9. The van der Waals surface area contributed by atoms with Crippen molar-refractivity contribution in [3.8, 4) is 11.8 Å². The van der Waals surface area contributed by atoms with Gasteiger partial charge in [-0.3, -0.25) is 4.79 Å². The van der Waals surface area contributed by atoms with Crippen LogP contribution in [0.1, 0.15) is 22.3 Å². The van der Waals surface area contributed by atoms with E-state index in [4.69, 9.17) is 0 Å². The molecule has 0 aliphatic heterocycles. The Hall–Kier alpha value is -2.39. The van der Waals surface area contributed by atoms with E-state index in [1.807, 2.05) is 31.2 Å². The molecule has 26 heavy (non-hydrogen) atoms. The number of hydrogen-bond donors (Lipinski definition) is 1. The number of hydrogen-bond acceptors (Lipinski definition) is 2. The lowest BCUT2D eigenvalue weighted by Gasteiger charge is -2.05. The van der Waals surface area contributed by atoms with Gasteiger partial charge >= 0.3 is 6.18 Å². The maximum absolute atomic E-state index is 12.6. The highest BCUT2D eigenvalue weighted by Gasteiger charge is 2.30. The van der Waals surface area contributed by atoms with Crippen LogP contribution in [0.25, 0.3) is 0 Å². The standard InChI is InChI=1S/C20H18F3NOS/c1-15-7-9-17(10-8-15)13-26-14-19(25)24-11-3-5-16-4-2-6-18(12-16)20(21,22)23/h2,4,6-10,12H,11,13-14H2,1H3,(H,24,25). The molecule has 0 bridgehead atoms. The third kappa shape index (κ3) is 6.85. The zero-order valence-corrected chi connectivity index (χ0v) is 15.0. The van der Waals surface area contributed by atoms with Gasteiger partial charge in [0.15, 0.2) is 0 Å². The smallest absolute Gasteiger partial charge is 0.344 e. The van der Waals surface area contributed by atoms with E-state index in [1.54, 1.807) is 0 Å². The first-order valence-electron chi connectivity index (χ1n) is 7.91. The van der Waals surface area contributed by atoms with Gasteiger partial charge in [0.05, 0.1) is 17.9 Å². The summed E-state index contributed by atoms with van der Waals surface area (Å²) in [5, 5.41) is 2.64. The van der Waals surface area contributed by atoms with E-state index in [0.29, 0.717) is 5.75 Å². The molecule has 0 unspecified atom stereocenters. The van der Waals surface area contributed by atoms with E-state index >= 15 is 0 Å². The van der Waals surface area contributed by atoms with Gasteiger partial charge < -0.3 is 5.32 Å². The third-order valence-corrected chi connectivity index (χ3v) is 4.42. The fourth-order valence-corrected chi connectivity index (χ4v) is 2.88. The zero-order chi connectivity index (χ0) is 19.0. The van der Waals surface area contributed by atoms with Crippen molar-refractivity contribution in [1.29, 1.82) is 0 Å². The molecule has 0 aliphatic rings. The van der Waals surface area contributed by atoms with Crippen molar-refractivity contribution in [3.63, 3.8) is 0 Å². The van der Waals surface area contributed by atoms with Crippen LogP contribution >= 0.6 is 11.8 Å². The number of benzene rings is 2. The molecule has 2 rings (SSSR count). The molecule has 0 saturated carbocycles. The minimum absolute atomic E-state index is 0.0974. The molecule has 0 aromatic heterocycles. The molecular weight excluding hydrogens is 359 g/mol. The van der Waals surface area contributed by atoms with Crippen molar-refractivity contribution < 1.29 is 18.0 Å². The molecule has 1 N–H and O–H groups in total. The molecule has 2 aromatic carbocycles. The number of carbonyl (C=O) groups is 1. The SMILES string of the molecule is Cc1ccc(CSCC(=O)NCC#Cc2cccc(C(F)(F)F)c2)cc1. The number of aryl methyl sites for hydroxylation is 1. The Balaban J connectivity index is 1.73. The lowest BCUT2D eigenvalue weighted by molar-refractivity contribution is -0.137. The fourth-order valence-electron chi connectivity index (χ4n) is 2.06. The second kappa shape index (κ2) is 9.35. The van der Waals surface area contributed by atoms with Crippen LogP contribution < -0.4 is 5.32 Å². The Bertz CT molecular complexity index is 804. The minimum atomic E-state index is -4.39. The van der Waals surface area contributed by atoms with Crippen LogP contribution in [0.15, 0.2) is 48.5 Å².